The number of nitrogens with zero attached hydrogens (tertiary/aromatic N) is 2. The number of H-pyrrole nitrogens is 1. The lowest BCUT2D eigenvalue weighted by atomic mass is 9.87. The van der Waals surface area contributed by atoms with Gasteiger partial charge in [0.25, 0.3) is 0 Å². The molecule has 0 aliphatic heterocycles. The van der Waals surface area contributed by atoms with Gasteiger partial charge in [0.05, 0.1) is 11.3 Å². The van der Waals surface area contributed by atoms with Gasteiger partial charge in [0.15, 0.2) is 0 Å². The van der Waals surface area contributed by atoms with E-state index in [1.165, 1.54) is 5.56 Å². The Hall–Kier alpha value is -2.86. The molecule has 6 heteroatoms. The number of hydrogen-bond acceptors (Lipinski definition) is 4. The molecule has 30 heavy (non-hydrogen) atoms. The molecule has 2 unspecified atom stereocenters. The number of rotatable bonds is 9. The first-order valence-electron chi connectivity index (χ1n) is 10.3. The molecule has 0 saturated carbocycles. The number of carboxylic acids is 1. The number of benzene rings is 2. The van der Waals surface area contributed by atoms with Crippen LogP contribution in [0, 0.1) is 5.41 Å². The third-order valence-corrected chi connectivity index (χ3v) is 5.65. The summed E-state index contributed by atoms with van der Waals surface area (Å²) in [4.78, 5) is 21.4. The van der Waals surface area contributed by atoms with Crippen LogP contribution in [0.15, 0.2) is 48.8 Å². The summed E-state index contributed by atoms with van der Waals surface area (Å²) < 4.78 is 5.76. The van der Waals surface area contributed by atoms with Crippen molar-refractivity contribution in [2.45, 2.75) is 39.2 Å². The van der Waals surface area contributed by atoms with Gasteiger partial charge in [0.1, 0.15) is 18.2 Å². The van der Waals surface area contributed by atoms with E-state index in [4.69, 9.17) is 4.74 Å². The number of aliphatic carboxylic acids is 1. The topological polar surface area (TPSA) is 78.5 Å². The summed E-state index contributed by atoms with van der Waals surface area (Å²) in [6.45, 7) is 5.63. The fourth-order valence-corrected chi connectivity index (χ4v) is 3.76. The molecule has 2 atom stereocenters. The highest BCUT2D eigenvalue weighted by Crippen LogP contribution is 2.33. The first-order chi connectivity index (χ1) is 14.2. The van der Waals surface area contributed by atoms with E-state index in [1.807, 2.05) is 24.4 Å². The van der Waals surface area contributed by atoms with E-state index < -0.39 is 11.4 Å². The van der Waals surface area contributed by atoms with Crippen molar-refractivity contribution in [1.82, 2.24) is 14.9 Å². The molecule has 3 aromatic rings. The Labute approximate surface area is 177 Å². The van der Waals surface area contributed by atoms with Crippen molar-refractivity contribution in [3.8, 4) is 5.75 Å². The number of aromatic nitrogens is 2. The molecule has 0 amide bonds. The highest BCUT2D eigenvalue weighted by atomic mass is 16.5. The Balaban J connectivity index is 1.91. The zero-order valence-electron chi connectivity index (χ0n) is 18.3. The zero-order chi connectivity index (χ0) is 21.9. The average molecular weight is 410 g/mol. The fourth-order valence-electron chi connectivity index (χ4n) is 3.76. The van der Waals surface area contributed by atoms with Gasteiger partial charge >= 0.3 is 5.97 Å². The van der Waals surface area contributed by atoms with Crippen LogP contribution in [0.5, 0.6) is 5.75 Å². The van der Waals surface area contributed by atoms with Crippen molar-refractivity contribution in [3.05, 3.63) is 60.2 Å². The summed E-state index contributed by atoms with van der Waals surface area (Å²) in [7, 11) is 4.21. The van der Waals surface area contributed by atoms with E-state index in [0.717, 1.165) is 23.0 Å². The van der Waals surface area contributed by atoms with Crippen LogP contribution in [0.2, 0.25) is 0 Å². The molecule has 2 N–H and O–H groups in total. The van der Waals surface area contributed by atoms with Gasteiger partial charge in [0.2, 0.25) is 0 Å². The first kappa shape index (κ1) is 21.8. The molecular formula is C24H31N3O3. The van der Waals surface area contributed by atoms with E-state index >= 15 is 0 Å². The van der Waals surface area contributed by atoms with Crippen LogP contribution in [-0.4, -0.2) is 52.7 Å². The van der Waals surface area contributed by atoms with Crippen LogP contribution in [0.25, 0.3) is 10.8 Å². The standard InChI is InChI=1S/C24H31N3O3/c1-6-20(27(4)5)21(22-25-11-12-26-22)18-8-7-17-14-19(10-9-16(17)13-18)30-15-24(2,3)23(28)29/h7-14,20-21H,6,15H2,1-5H3,(H,25,26)(H,28,29). The number of nitrogens with one attached hydrogen (secondary N) is 1. The van der Waals surface area contributed by atoms with Crippen LogP contribution in [0.4, 0.5) is 0 Å². The predicted octanol–water partition coefficient (Wildman–Crippen LogP) is 4.52. The lowest BCUT2D eigenvalue weighted by Crippen LogP contribution is -2.34. The van der Waals surface area contributed by atoms with Gasteiger partial charge in [-0.1, -0.05) is 31.2 Å². The van der Waals surface area contributed by atoms with Crippen molar-refractivity contribution < 1.29 is 14.6 Å². The highest BCUT2D eigenvalue weighted by molar-refractivity contribution is 5.84. The molecule has 3 rings (SSSR count). The summed E-state index contributed by atoms with van der Waals surface area (Å²) in [5.41, 5.74) is 0.273. The van der Waals surface area contributed by atoms with E-state index in [1.54, 1.807) is 20.0 Å². The number of likely N-dealkylation sites (N-methyl/N-ethyl adjacent to an activating group) is 1. The number of ether oxygens (including phenoxy) is 1. The monoisotopic (exact) mass is 409 g/mol. The van der Waals surface area contributed by atoms with Crippen LogP contribution < -0.4 is 4.74 Å². The Kier molecular flexibility index (Phi) is 6.46. The van der Waals surface area contributed by atoms with E-state index in [0.29, 0.717) is 11.8 Å². The largest absolute Gasteiger partial charge is 0.492 e. The predicted molar refractivity (Wildman–Crippen MR) is 119 cm³/mol. The van der Waals surface area contributed by atoms with Gasteiger partial charge in [-0.2, -0.15) is 0 Å². The molecule has 0 spiro atoms. The minimum Gasteiger partial charge on any atom is -0.492 e. The molecular weight excluding hydrogens is 378 g/mol. The number of carboxylic acid groups (broad SMARTS) is 1. The van der Waals surface area contributed by atoms with E-state index in [2.05, 4.69) is 54.1 Å². The lowest BCUT2D eigenvalue weighted by molar-refractivity contribution is -0.148. The van der Waals surface area contributed by atoms with Gasteiger partial charge in [-0.05, 0) is 62.8 Å². The summed E-state index contributed by atoms with van der Waals surface area (Å²) in [5, 5.41) is 11.4. The number of fused-ring (bicyclic) bond motifs is 1. The normalized spacial score (nSPS) is 14.1. The summed E-state index contributed by atoms with van der Waals surface area (Å²) in [6.07, 6.45) is 4.67. The van der Waals surface area contributed by atoms with Gasteiger partial charge in [-0.3, -0.25) is 4.79 Å². The van der Waals surface area contributed by atoms with Crippen LogP contribution >= 0.6 is 0 Å². The number of imidazole rings is 1. The molecule has 0 saturated heterocycles. The number of aromatic amines is 1. The second-order valence-electron chi connectivity index (χ2n) is 8.64. The summed E-state index contributed by atoms with van der Waals surface area (Å²) in [5.74, 6) is 0.901. The fraction of sp³-hybridized carbons (Fsp3) is 0.417. The molecule has 0 bridgehead atoms. The highest BCUT2D eigenvalue weighted by Gasteiger charge is 2.29. The van der Waals surface area contributed by atoms with Crippen LogP contribution in [-0.2, 0) is 4.79 Å². The molecule has 160 valence electrons. The van der Waals surface area contributed by atoms with Crippen molar-refractivity contribution in [2.75, 3.05) is 20.7 Å². The average Bonchev–Trinajstić information content (AvgIpc) is 3.23. The van der Waals surface area contributed by atoms with E-state index in [-0.39, 0.29) is 12.5 Å². The molecule has 0 radical (unpaired) electrons. The Morgan fingerprint density at radius 3 is 2.50 bits per heavy atom. The Bertz CT molecular complexity index is 996. The number of carbonyl (C=O) groups is 1. The molecule has 0 fully saturated rings. The van der Waals surface area contributed by atoms with Gasteiger partial charge in [-0.25, -0.2) is 4.98 Å². The Morgan fingerprint density at radius 1 is 1.20 bits per heavy atom. The minimum absolute atomic E-state index is 0.119. The van der Waals surface area contributed by atoms with Crippen LogP contribution in [0.3, 0.4) is 0 Å². The molecule has 1 aromatic heterocycles. The molecule has 6 nitrogen and oxygen atoms in total. The number of hydrogen-bond donors (Lipinski definition) is 2. The smallest absolute Gasteiger partial charge is 0.312 e. The quantitative estimate of drug-likeness (QED) is 0.543. The molecule has 1 heterocycles. The third kappa shape index (κ3) is 4.65. The van der Waals surface area contributed by atoms with Crippen LogP contribution in [0.1, 0.15) is 44.5 Å². The minimum atomic E-state index is -0.934. The van der Waals surface area contributed by atoms with Crippen molar-refractivity contribution in [3.63, 3.8) is 0 Å². The molecule has 2 aromatic carbocycles. The van der Waals surface area contributed by atoms with E-state index in [9.17, 15) is 9.90 Å². The molecule has 0 aliphatic rings. The third-order valence-electron chi connectivity index (χ3n) is 5.65. The maximum atomic E-state index is 11.3. The summed E-state index contributed by atoms with van der Waals surface area (Å²) in [6, 6.07) is 12.6. The zero-order valence-corrected chi connectivity index (χ0v) is 18.3. The maximum Gasteiger partial charge on any atom is 0.312 e. The molecule has 0 aliphatic carbocycles. The maximum absolute atomic E-state index is 11.3. The first-order valence-corrected chi connectivity index (χ1v) is 10.3. The SMILES string of the molecule is CCC(C(c1ccc2cc(OCC(C)(C)C(=O)O)ccc2c1)c1ncc[nH]1)N(C)C. The lowest BCUT2D eigenvalue weighted by Gasteiger charge is -2.31. The summed E-state index contributed by atoms with van der Waals surface area (Å²) >= 11 is 0. The van der Waals surface area contributed by atoms with Crippen molar-refractivity contribution in [1.29, 1.82) is 0 Å². The van der Waals surface area contributed by atoms with Gasteiger partial charge in [-0.15, -0.1) is 0 Å². The second-order valence-corrected chi connectivity index (χ2v) is 8.64. The van der Waals surface area contributed by atoms with Gasteiger partial charge < -0.3 is 19.7 Å². The van der Waals surface area contributed by atoms with Crippen molar-refractivity contribution in [2.24, 2.45) is 5.41 Å². The second kappa shape index (κ2) is 8.88. The Morgan fingerprint density at radius 2 is 1.90 bits per heavy atom. The van der Waals surface area contributed by atoms with Crippen molar-refractivity contribution >= 4 is 16.7 Å². The van der Waals surface area contributed by atoms with Gasteiger partial charge in [0, 0.05) is 18.4 Å².